The molecule has 4 nitrogen and oxygen atoms in total. The Kier molecular flexibility index (Phi) is 5.73. The summed E-state index contributed by atoms with van der Waals surface area (Å²) in [5.74, 6) is 0. The van der Waals surface area contributed by atoms with E-state index in [0.717, 1.165) is 31.9 Å². The van der Waals surface area contributed by atoms with Crippen LogP contribution in [0, 0.1) is 0 Å². The number of pyridine rings is 1. The van der Waals surface area contributed by atoms with Gasteiger partial charge in [-0.3, -0.25) is 9.88 Å². The monoisotopic (exact) mass is 290 g/mol. The molecule has 0 spiro atoms. The van der Waals surface area contributed by atoms with E-state index in [1.54, 1.807) is 0 Å². The zero-order valence-electron chi connectivity index (χ0n) is 14.0. The van der Waals surface area contributed by atoms with Crippen molar-refractivity contribution in [1.29, 1.82) is 0 Å². The second-order valence-electron chi connectivity index (χ2n) is 6.93. The number of nitrogens with one attached hydrogen (secondary N) is 1. The number of piperazine rings is 1. The van der Waals surface area contributed by atoms with Crippen molar-refractivity contribution in [2.45, 2.75) is 46.3 Å². The van der Waals surface area contributed by atoms with Crippen LogP contribution in [0.3, 0.4) is 0 Å². The predicted octanol–water partition coefficient (Wildman–Crippen LogP) is 2.11. The van der Waals surface area contributed by atoms with E-state index in [9.17, 15) is 0 Å². The minimum absolute atomic E-state index is 0.133. The fourth-order valence-electron chi connectivity index (χ4n) is 2.56. The Morgan fingerprint density at radius 3 is 2.29 bits per heavy atom. The molecule has 1 fully saturated rings. The van der Waals surface area contributed by atoms with Crippen LogP contribution in [0.15, 0.2) is 18.2 Å². The first kappa shape index (κ1) is 16.4. The molecular formula is C17H30N4. The Labute approximate surface area is 129 Å². The Hall–Kier alpha value is -0.970. The molecule has 1 aromatic rings. The van der Waals surface area contributed by atoms with Crippen molar-refractivity contribution in [3.63, 3.8) is 0 Å². The van der Waals surface area contributed by atoms with E-state index >= 15 is 0 Å². The van der Waals surface area contributed by atoms with Crippen molar-refractivity contribution in [1.82, 2.24) is 20.1 Å². The molecule has 21 heavy (non-hydrogen) atoms. The van der Waals surface area contributed by atoms with Crippen LogP contribution in [0.1, 0.15) is 39.1 Å². The van der Waals surface area contributed by atoms with Gasteiger partial charge in [0.2, 0.25) is 0 Å². The van der Waals surface area contributed by atoms with Crippen LogP contribution in [-0.4, -0.2) is 53.0 Å². The number of likely N-dealkylation sites (N-methyl/N-ethyl adjacent to an activating group) is 1. The molecule has 2 rings (SSSR count). The van der Waals surface area contributed by atoms with Crippen LogP contribution in [0.25, 0.3) is 0 Å². The minimum Gasteiger partial charge on any atom is -0.306 e. The van der Waals surface area contributed by atoms with Gasteiger partial charge in [-0.25, -0.2) is 0 Å². The average Bonchev–Trinajstić information content (AvgIpc) is 2.46. The highest BCUT2D eigenvalue weighted by Crippen LogP contribution is 2.08. The molecule has 0 bridgehead atoms. The summed E-state index contributed by atoms with van der Waals surface area (Å²) in [6.45, 7) is 16.4. The fraction of sp³-hybridized carbons (Fsp3) is 0.706. The molecule has 0 atom stereocenters. The molecule has 0 aromatic carbocycles. The topological polar surface area (TPSA) is 31.4 Å². The summed E-state index contributed by atoms with van der Waals surface area (Å²) >= 11 is 0. The lowest BCUT2D eigenvalue weighted by Crippen LogP contribution is -2.45. The van der Waals surface area contributed by atoms with Gasteiger partial charge in [-0.2, -0.15) is 0 Å². The van der Waals surface area contributed by atoms with Gasteiger partial charge >= 0.3 is 0 Å². The number of hydrogen-bond acceptors (Lipinski definition) is 4. The molecule has 1 saturated heterocycles. The molecule has 0 aliphatic carbocycles. The fourth-order valence-corrected chi connectivity index (χ4v) is 2.56. The van der Waals surface area contributed by atoms with Crippen LogP contribution < -0.4 is 5.32 Å². The summed E-state index contributed by atoms with van der Waals surface area (Å²) < 4.78 is 0. The van der Waals surface area contributed by atoms with Gasteiger partial charge in [0.25, 0.3) is 0 Å². The van der Waals surface area contributed by atoms with Crippen molar-refractivity contribution >= 4 is 0 Å². The van der Waals surface area contributed by atoms with Crippen LogP contribution in [-0.2, 0) is 13.1 Å². The first-order valence-electron chi connectivity index (χ1n) is 8.11. The zero-order chi connectivity index (χ0) is 15.3. The highest BCUT2D eigenvalue weighted by atomic mass is 15.3. The highest BCUT2D eigenvalue weighted by Gasteiger charge is 2.16. The van der Waals surface area contributed by atoms with Crippen molar-refractivity contribution in [3.05, 3.63) is 29.6 Å². The van der Waals surface area contributed by atoms with Crippen LogP contribution in [0.5, 0.6) is 0 Å². The van der Waals surface area contributed by atoms with Crippen molar-refractivity contribution in [3.8, 4) is 0 Å². The largest absolute Gasteiger partial charge is 0.306 e. The SMILES string of the molecule is CCN1CCN(Cc2cccc(CNC(C)(C)C)n2)CC1. The zero-order valence-corrected chi connectivity index (χ0v) is 14.0. The van der Waals surface area contributed by atoms with Crippen molar-refractivity contribution in [2.75, 3.05) is 32.7 Å². The van der Waals surface area contributed by atoms with Crippen LogP contribution in [0.4, 0.5) is 0 Å². The maximum atomic E-state index is 4.79. The average molecular weight is 290 g/mol. The highest BCUT2D eigenvalue weighted by molar-refractivity contribution is 5.11. The molecule has 1 aliphatic heterocycles. The van der Waals surface area contributed by atoms with Gasteiger partial charge < -0.3 is 10.2 Å². The number of rotatable bonds is 5. The van der Waals surface area contributed by atoms with Crippen molar-refractivity contribution < 1.29 is 0 Å². The first-order chi connectivity index (χ1) is 9.96. The quantitative estimate of drug-likeness (QED) is 0.900. The molecule has 0 amide bonds. The molecule has 2 heterocycles. The first-order valence-corrected chi connectivity index (χ1v) is 8.11. The summed E-state index contributed by atoms with van der Waals surface area (Å²) in [7, 11) is 0. The normalized spacial score (nSPS) is 18.1. The van der Waals surface area contributed by atoms with Gasteiger partial charge in [-0.1, -0.05) is 13.0 Å². The molecule has 0 unspecified atom stereocenters. The molecule has 1 N–H and O–H groups in total. The van der Waals surface area contributed by atoms with Gasteiger partial charge in [0, 0.05) is 44.8 Å². The van der Waals surface area contributed by atoms with Gasteiger partial charge in [0.05, 0.1) is 11.4 Å². The minimum atomic E-state index is 0.133. The molecule has 118 valence electrons. The predicted molar refractivity (Wildman–Crippen MR) is 88.2 cm³/mol. The summed E-state index contributed by atoms with van der Waals surface area (Å²) in [5.41, 5.74) is 2.46. The standard InChI is InChI=1S/C17H30N4/c1-5-20-9-11-21(12-10-20)14-16-8-6-7-15(19-16)13-18-17(2,3)4/h6-8,18H,5,9-14H2,1-4H3. The van der Waals surface area contributed by atoms with Gasteiger partial charge in [-0.15, -0.1) is 0 Å². The van der Waals surface area contributed by atoms with Crippen molar-refractivity contribution in [2.24, 2.45) is 0 Å². The summed E-state index contributed by atoms with van der Waals surface area (Å²) in [4.78, 5) is 9.81. The van der Waals surface area contributed by atoms with E-state index in [-0.39, 0.29) is 5.54 Å². The van der Waals surface area contributed by atoms with Crippen LogP contribution in [0.2, 0.25) is 0 Å². The Balaban J connectivity index is 1.86. The Bertz CT molecular complexity index is 431. The third-order valence-electron chi connectivity index (χ3n) is 3.96. The molecule has 0 saturated carbocycles. The molecule has 0 radical (unpaired) electrons. The molecule has 1 aromatic heterocycles. The van der Waals surface area contributed by atoms with Gasteiger partial charge in [0.1, 0.15) is 0 Å². The maximum absolute atomic E-state index is 4.79. The summed E-state index contributed by atoms with van der Waals surface area (Å²) in [5, 5.41) is 3.50. The smallest absolute Gasteiger partial charge is 0.0547 e. The van der Waals surface area contributed by atoms with E-state index in [2.05, 4.69) is 61.0 Å². The third kappa shape index (κ3) is 5.73. The second-order valence-corrected chi connectivity index (χ2v) is 6.93. The van der Waals surface area contributed by atoms with Crippen LogP contribution >= 0.6 is 0 Å². The van der Waals surface area contributed by atoms with Gasteiger partial charge in [-0.05, 0) is 39.4 Å². The molecular weight excluding hydrogens is 260 g/mol. The number of hydrogen-bond donors (Lipinski definition) is 1. The molecule has 4 heteroatoms. The van der Waals surface area contributed by atoms with E-state index in [0.29, 0.717) is 0 Å². The second kappa shape index (κ2) is 7.34. The van der Waals surface area contributed by atoms with E-state index in [1.807, 2.05) is 0 Å². The summed E-state index contributed by atoms with van der Waals surface area (Å²) in [6.07, 6.45) is 0. The Morgan fingerprint density at radius 1 is 1.05 bits per heavy atom. The third-order valence-corrected chi connectivity index (χ3v) is 3.96. The summed E-state index contributed by atoms with van der Waals surface area (Å²) in [6, 6.07) is 6.38. The number of nitrogens with zero attached hydrogens (tertiary/aromatic N) is 3. The molecule has 1 aliphatic rings. The lowest BCUT2D eigenvalue weighted by molar-refractivity contribution is 0.131. The van der Waals surface area contributed by atoms with E-state index in [4.69, 9.17) is 4.98 Å². The van der Waals surface area contributed by atoms with E-state index < -0.39 is 0 Å². The van der Waals surface area contributed by atoms with E-state index in [1.165, 1.54) is 25.3 Å². The Morgan fingerprint density at radius 2 is 1.67 bits per heavy atom. The lowest BCUT2D eigenvalue weighted by atomic mass is 10.1. The lowest BCUT2D eigenvalue weighted by Gasteiger charge is -2.33. The van der Waals surface area contributed by atoms with Gasteiger partial charge in [0.15, 0.2) is 0 Å². The number of aromatic nitrogens is 1. The maximum Gasteiger partial charge on any atom is 0.0547 e.